The van der Waals surface area contributed by atoms with Crippen molar-refractivity contribution in [2.45, 2.75) is 33.1 Å². The van der Waals surface area contributed by atoms with Crippen molar-refractivity contribution in [3.63, 3.8) is 0 Å². The summed E-state index contributed by atoms with van der Waals surface area (Å²) in [6.45, 7) is 4.44. The van der Waals surface area contributed by atoms with Gasteiger partial charge in [0.15, 0.2) is 0 Å². The number of rotatable bonds is 9. The molecule has 1 heterocycles. The first-order valence-corrected chi connectivity index (χ1v) is 17.8. The molecule has 0 aromatic heterocycles. The molecule has 0 radical (unpaired) electrons. The monoisotopic (exact) mass is 656 g/mol. The predicted octanol–water partition coefficient (Wildman–Crippen LogP) is 13.2. The van der Waals surface area contributed by atoms with E-state index in [-0.39, 0.29) is 0 Å². The Morgan fingerprint density at radius 1 is 0.646 bits per heavy atom. The quantitative estimate of drug-likeness (QED) is 0.0761. The summed E-state index contributed by atoms with van der Waals surface area (Å²) < 4.78 is 0. The van der Waals surface area contributed by atoms with E-state index in [0.717, 1.165) is 35.3 Å². The third-order valence-corrected chi connectivity index (χ3v) is 10.2. The minimum absolute atomic E-state index is 0.838. The fourth-order valence-corrected chi connectivity index (χ4v) is 7.38. The molecule has 0 bridgehead atoms. The van der Waals surface area contributed by atoms with Gasteiger partial charge in [0.2, 0.25) is 0 Å². The van der Waals surface area contributed by atoms with Gasteiger partial charge in [0.25, 0.3) is 0 Å². The summed E-state index contributed by atoms with van der Waals surface area (Å²) >= 11 is 7.72. The molecule has 0 saturated carbocycles. The average molecular weight is 657 g/mol. The molecule has 0 nitrogen and oxygen atoms in total. The zero-order valence-corrected chi connectivity index (χ0v) is 29.2. The van der Waals surface area contributed by atoms with Crippen LogP contribution in [0, 0.1) is 0 Å². The van der Waals surface area contributed by atoms with Gasteiger partial charge in [0, 0.05) is 14.7 Å². The largest absolute Gasteiger partial charge is 0.0888 e. The lowest BCUT2D eigenvalue weighted by Gasteiger charge is -2.19. The third kappa shape index (κ3) is 8.77. The Bertz CT molecular complexity index is 1940. The third-order valence-electron chi connectivity index (χ3n) is 8.71. The van der Waals surface area contributed by atoms with E-state index >= 15 is 0 Å². The molecule has 0 fully saturated rings. The van der Waals surface area contributed by atoms with Gasteiger partial charge in [0.05, 0.1) is 0 Å². The second-order valence-electron chi connectivity index (χ2n) is 12.1. The summed E-state index contributed by atoms with van der Waals surface area (Å²) in [5.74, 6) is 0. The number of thiocarbonyl (C=S) groups is 1. The van der Waals surface area contributed by atoms with Crippen molar-refractivity contribution in [1.82, 2.24) is 0 Å². The van der Waals surface area contributed by atoms with E-state index in [9.17, 15) is 0 Å². The Morgan fingerprint density at radius 3 is 1.77 bits per heavy atom. The molecule has 0 atom stereocenters. The summed E-state index contributed by atoms with van der Waals surface area (Å²) in [7, 11) is 0. The van der Waals surface area contributed by atoms with Crippen molar-refractivity contribution in [2.24, 2.45) is 0 Å². The first-order valence-electron chi connectivity index (χ1n) is 16.6. The smallest absolute Gasteiger partial charge is 0.0455 e. The molecule has 0 saturated heterocycles. The topological polar surface area (TPSA) is 0 Å². The zero-order valence-electron chi connectivity index (χ0n) is 27.6. The molecule has 0 amide bonds. The van der Waals surface area contributed by atoms with Gasteiger partial charge in [-0.25, -0.2) is 0 Å². The van der Waals surface area contributed by atoms with Gasteiger partial charge >= 0.3 is 0 Å². The molecule has 2 heteroatoms. The molecule has 4 aromatic carbocycles. The minimum Gasteiger partial charge on any atom is -0.0888 e. The minimum atomic E-state index is 0.838. The Balaban J connectivity index is 1.32. The summed E-state index contributed by atoms with van der Waals surface area (Å²) in [5.41, 5.74) is 12.4. The van der Waals surface area contributed by atoms with E-state index in [1.165, 1.54) is 54.4 Å². The van der Waals surface area contributed by atoms with Crippen LogP contribution >= 0.6 is 24.0 Å². The first-order chi connectivity index (χ1) is 23.5. The van der Waals surface area contributed by atoms with E-state index in [0.29, 0.717) is 0 Å². The second kappa shape index (κ2) is 16.4. The average Bonchev–Trinajstić information content (AvgIpc) is 3.15. The van der Waals surface area contributed by atoms with Crippen LogP contribution in [0.5, 0.6) is 0 Å². The van der Waals surface area contributed by atoms with Crippen molar-refractivity contribution in [1.29, 1.82) is 0 Å². The van der Waals surface area contributed by atoms with Crippen LogP contribution in [0.25, 0.3) is 15.4 Å². The summed E-state index contributed by atoms with van der Waals surface area (Å²) in [6.07, 6.45) is 21.5. The van der Waals surface area contributed by atoms with Crippen molar-refractivity contribution < 1.29 is 0 Å². The first kappa shape index (κ1) is 33.2. The molecule has 0 unspecified atom stereocenters. The normalized spacial score (nSPS) is 16.6. The van der Waals surface area contributed by atoms with Crippen molar-refractivity contribution >= 4 is 44.2 Å². The molecular formula is C46H40S2. The fraction of sp³-hybridized carbons (Fsp3) is 0.109. The highest BCUT2D eigenvalue weighted by Gasteiger charge is 2.15. The molecule has 6 rings (SSSR count). The van der Waals surface area contributed by atoms with Crippen molar-refractivity contribution in [3.8, 4) is 0 Å². The van der Waals surface area contributed by atoms with Crippen LogP contribution in [0.2, 0.25) is 0 Å². The maximum absolute atomic E-state index is 5.88. The molecule has 0 spiro atoms. The van der Waals surface area contributed by atoms with Gasteiger partial charge in [0.1, 0.15) is 0 Å². The SMILES string of the molecule is CC1=C(/C=C/C(=C/C(=S)c2ccccc2)/C=C(\C)c2ccccc2)CCC/C1=C\C=C1C=C(c2ccccc2)SC(c2ccccc2)=C1. The standard InChI is InChI=1S/C46H40S2/c1-34(38-16-7-3-8-17-38)30-36(31-44(47)41-18-9-4-10-19-41)26-28-39-24-15-25-40(35(39)2)29-27-37-32-45(42-20-11-5-12-21-42)48-46(33-37)43-22-13-6-14-23-43/h3-14,16-23,26-33H,15,24-25H2,1-2H3/b28-26+,34-30+,36-31-,40-29+. The Kier molecular flexibility index (Phi) is 11.3. The van der Waals surface area contributed by atoms with Gasteiger partial charge in [-0.15, -0.1) is 0 Å². The van der Waals surface area contributed by atoms with Gasteiger partial charge in [-0.1, -0.05) is 176 Å². The molecule has 0 N–H and O–H groups in total. The number of allylic oxidation sites excluding steroid dienone is 14. The fourth-order valence-electron chi connectivity index (χ4n) is 5.98. The number of thioether (sulfide) groups is 1. The van der Waals surface area contributed by atoms with Crippen LogP contribution in [-0.4, -0.2) is 4.86 Å². The van der Waals surface area contributed by atoms with Gasteiger partial charge in [-0.2, -0.15) is 0 Å². The Labute approximate surface area is 296 Å². The molecule has 2 aliphatic rings. The van der Waals surface area contributed by atoms with E-state index in [1.807, 2.05) is 30.0 Å². The van der Waals surface area contributed by atoms with Crippen molar-refractivity contribution in [3.05, 3.63) is 220 Å². The maximum Gasteiger partial charge on any atom is 0.0455 e. The molecule has 1 aliphatic heterocycles. The predicted molar refractivity (Wildman–Crippen MR) is 215 cm³/mol. The van der Waals surface area contributed by atoms with Crippen LogP contribution in [-0.2, 0) is 0 Å². The highest BCUT2D eigenvalue weighted by molar-refractivity contribution is 8.16. The molecule has 4 aromatic rings. The van der Waals surface area contributed by atoms with E-state index in [1.54, 1.807) is 0 Å². The highest BCUT2D eigenvalue weighted by atomic mass is 32.2. The summed E-state index contributed by atoms with van der Waals surface area (Å²) in [4.78, 5) is 3.38. The molecule has 1 aliphatic carbocycles. The van der Waals surface area contributed by atoms with Gasteiger partial charge in [-0.3, -0.25) is 0 Å². The molecule has 48 heavy (non-hydrogen) atoms. The van der Waals surface area contributed by atoms with Gasteiger partial charge in [-0.05, 0) is 107 Å². The number of benzene rings is 4. The van der Waals surface area contributed by atoms with Crippen LogP contribution in [0.4, 0.5) is 0 Å². The maximum atomic E-state index is 5.88. The lowest BCUT2D eigenvalue weighted by molar-refractivity contribution is 0.777. The zero-order chi connectivity index (χ0) is 33.1. The highest BCUT2D eigenvalue weighted by Crippen LogP contribution is 2.44. The Morgan fingerprint density at radius 2 is 1.19 bits per heavy atom. The second-order valence-corrected chi connectivity index (χ2v) is 13.6. The van der Waals surface area contributed by atoms with Crippen LogP contribution in [0.15, 0.2) is 198 Å². The molecule has 236 valence electrons. The lowest BCUT2D eigenvalue weighted by Crippen LogP contribution is -2.00. The summed E-state index contributed by atoms with van der Waals surface area (Å²) in [5, 5.41) is 0. The summed E-state index contributed by atoms with van der Waals surface area (Å²) in [6, 6.07) is 42.2. The Hall–Kier alpha value is -4.76. The number of hydrogen-bond acceptors (Lipinski definition) is 2. The van der Waals surface area contributed by atoms with Crippen molar-refractivity contribution in [2.75, 3.05) is 0 Å². The van der Waals surface area contributed by atoms with E-state index in [4.69, 9.17) is 12.2 Å². The van der Waals surface area contributed by atoms with Crippen LogP contribution in [0.1, 0.15) is 55.4 Å². The molecular weight excluding hydrogens is 617 g/mol. The van der Waals surface area contributed by atoms with Crippen LogP contribution in [0.3, 0.4) is 0 Å². The van der Waals surface area contributed by atoms with Crippen LogP contribution < -0.4 is 0 Å². The number of hydrogen-bond donors (Lipinski definition) is 0. The van der Waals surface area contributed by atoms with E-state index < -0.39 is 0 Å². The van der Waals surface area contributed by atoms with Gasteiger partial charge < -0.3 is 0 Å². The van der Waals surface area contributed by atoms with E-state index in [2.05, 4.69) is 166 Å². The lowest BCUT2D eigenvalue weighted by atomic mass is 9.87.